The lowest BCUT2D eigenvalue weighted by Crippen LogP contribution is -1.90. The minimum Gasteiger partial charge on any atom is -0.506 e. The Morgan fingerprint density at radius 2 is 2.13 bits per heavy atom. The van der Waals surface area contributed by atoms with E-state index in [4.69, 9.17) is 16.3 Å². The fourth-order valence-electron chi connectivity index (χ4n) is 1.51. The van der Waals surface area contributed by atoms with Crippen molar-refractivity contribution in [3.8, 4) is 11.5 Å². The van der Waals surface area contributed by atoms with Gasteiger partial charge in [0.15, 0.2) is 0 Å². The van der Waals surface area contributed by atoms with Crippen LogP contribution >= 0.6 is 11.6 Å². The van der Waals surface area contributed by atoms with Crippen molar-refractivity contribution < 1.29 is 9.84 Å². The molecule has 0 fully saturated rings. The Balaban J connectivity index is 2.90. The Hall–Kier alpha value is -1.48. The highest BCUT2D eigenvalue weighted by molar-refractivity contribution is 6.32. The molecule has 0 unspecified atom stereocenters. The molecular weight excluding hydrogens is 214 g/mol. The maximum Gasteiger partial charge on any atom is 0.146 e. The van der Waals surface area contributed by atoms with E-state index in [9.17, 15) is 5.11 Å². The van der Waals surface area contributed by atoms with E-state index in [0.717, 1.165) is 10.9 Å². The van der Waals surface area contributed by atoms with Gasteiger partial charge in [0.2, 0.25) is 0 Å². The van der Waals surface area contributed by atoms with Gasteiger partial charge in [0.25, 0.3) is 0 Å². The van der Waals surface area contributed by atoms with Crippen molar-refractivity contribution in [2.45, 2.75) is 6.92 Å². The van der Waals surface area contributed by atoms with Gasteiger partial charge in [0.1, 0.15) is 17.0 Å². The van der Waals surface area contributed by atoms with Gasteiger partial charge in [-0.2, -0.15) is 0 Å². The van der Waals surface area contributed by atoms with Gasteiger partial charge in [-0.1, -0.05) is 11.6 Å². The maximum atomic E-state index is 9.36. The van der Waals surface area contributed by atoms with Crippen LogP contribution in [0.15, 0.2) is 18.3 Å². The topological polar surface area (TPSA) is 42.4 Å². The normalized spacial score (nSPS) is 10.6. The fraction of sp³-hybridized carbons (Fsp3) is 0.182. The molecule has 1 aromatic carbocycles. The number of methoxy groups -OCH3 is 1. The van der Waals surface area contributed by atoms with E-state index >= 15 is 0 Å². The fourth-order valence-corrected chi connectivity index (χ4v) is 1.71. The summed E-state index contributed by atoms with van der Waals surface area (Å²) >= 11 is 6.03. The van der Waals surface area contributed by atoms with Crippen LogP contribution in [0, 0.1) is 6.92 Å². The molecule has 15 heavy (non-hydrogen) atoms. The molecule has 0 atom stereocenters. The van der Waals surface area contributed by atoms with Gasteiger partial charge in [-0.15, -0.1) is 0 Å². The Morgan fingerprint density at radius 1 is 1.40 bits per heavy atom. The Bertz CT molecular complexity index is 525. The number of fused-ring (bicyclic) bond motifs is 1. The lowest BCUT2D eigenvalue weighted by Gasteiger charge is -2.09. The highest BCUT2D eigenvalue weighted by Crippen LogP contribution is 2.33. The van der Waals surface area contributed by atoms with Crippen molar-refractivity contribution in [1.29, 1.82) is 0 Å². The number of pyridine rings is 1. The summed E-state index contributed by atoms with van der Waals surface area (Å²) in [6.07, 6.45) is 1.39. The van der Waals surface area contributed by atoms with Crippen LogP contribution in [0.4, 0.5) is 0 Å². The first-order chi connectivity index (χ1) is 7.13. The number of aromatic hydroxyl groups is 1. The van der Waals surface area contributed by atoms with Crippen molar-refractivity contribution in [2.75, 3.05) is 7.11 Å². The molecule has 2 rings (SSSR count). The minimum absolute atomic E-state index is 0.120. The van der Waals surface area contributed by atoms with Crippen molar-refractivity contribution in [2.24, 2.45) is 0 Å². The summed E-state index contributed by atoms with van der Waals surface area (Å²) in [5, 5.41) is 10.8. The third kappa shape index (κ3) is 1.59. The lowest BCUT2D eigenvalue weighted by molar-refractivity contribution is 0.418. The Labute approximate surface area is 92.3 Å². The van der Waals surface area contributed by atoms with Gasteiger partial charge in [-0.05, 0) is 18.6 Å². The molecule has 0 bridgehead atoms. The van der Waals surface area contributed by atoms with Gasteiger partial charge in [-0.25, -0.2) is 4.98 Å². The predicted octanol–water partition coefficient (Wildman–Crippen LogP) is 2.91. The van der Waals surface area contributed by atoms with Crippen LogP contribution in [0.2, 0.25) is 5.02 Å². The number of hydrogen-bond acceptors (Lipinski definition) is 3. The maximum absolute atomic E-state index is 9.36. The summed E-state index contributed by atoms with van der Waals surface area (Å²) in [5.74, 6) is 0.732. The summed E-state index contributed by atoms with van der Waals surface area (Å²) < 4.78 is 5.17. The average molecular weight is 224 g/mol. The average Bonchev–Trinajstić information content (AvgIpc) is 2.23. The Morgan fingerprint density at radius 3 is 2.80 bits per heavy atom. The first-order valence-electron chi connectivity index (χ1n) is 4.45. The molecule has 0 aliphatic carbocycles. The molecule has 78 valence electrons. The third-order valence-corrected chi connectivity index (χ3v) is 2.74. The number of ether oxygens (including phenoxy) is 1. The van der Waals surface area contributed by atoms with Crippen molar-refractivity contribution >= 4 is 22.5 Å². The number of nitrogens with zero attached hydrogens (tertiary/aromatic N) is 1. The number of aryl methyl sites for hydroxylation is 1. The molecule has 1 N–H and O–H groups in total. The highest BCUT2D eigenvalue weighted by Gasteiger charge is 2.10. The molecule has 1 heterocycles. The quantitative estimate of drug-likeness (QED) is 0.808. The SMILES string of the molecule is COc1cc(Cl)c(C)c2cc(O)cnc12. The zero-order valence-corrected chi connectivity index (χ0v) is 9.17. The number of aromatic nitrogens is 1. The summed E-state index contributed by atoms with van der Waals surface area (Å²) in [5.41, 5.74) is 1.59. The van der Waals surface area contributed by atoms with Crippen LogP contribution < -0.4 is 4.74 Å². The highest BCUT2D eigenvalue weighted by atomic mass is 35.5. The van der Waals surface area contributed by atoms with E-state index in [0.29, 0.717) is 16.3 Å². The molecule has 1 aromatic heterocycles. The smallest absolute Gasteiger partial charge is 0.146 e. The molecule has 0 aliphatic rings. The van der Waals surface area contributed by atoms with Crippen LogP contribution in [-0.2, 0) is 0 Å². The van der Waals surface area contributed by atoms with Crippen molar-refractivity contribution in [3.63, 3.8) is 0 Å². The van der Waals surface area contributed by atoms with Crippen molar-refractivity contribution in [3.05, 3.63) is 28.9 Å². The minimum atomic E-state index is 0.120. The number of hydrogen-bond donors (Lipinski definition) is 1. The summed E-state index contributed by atoms with van der Waals surface area (Å²) in [6.45, 7) is 1.88. The van der Waals surface area contributed by atoms with Gasteiger partial charge >= 0.3 is 0 Å². The number of benzene rings is 1. The third-order valence-electron chi connectivity index (χ3n) is 2.35. The molecular formula is C11H10ClNO2. The summed E-state index contributed by atoms with van der Waals surface area (Å²) in [4.78, 5) is 4.12. The zero-order chi connectivity index (χ0) is 11.0. The molecule has 0 radical (unpaired) electrons. The molecule has 2 aromatic rings. The standard InChI is InChI=1S/C11H10ClNO2/c1-6-8-3-7(14)5-13-11(8)10(15-2)4-9(6)12/h3-5,14H,1-2H3. The largest absolute Gasteiger partial charge is 0.506 e. The lowest BCUT2D eigenvalue weighted by atomic mass is 10.1. The van der Waals surface area contributed by atoms with Gasteiger partial charge in [0, 0.05) is 16.5 Å². The molecule has 0 saturated carbocycles. The number of halogens is 1. The van der Waals surface area contributed by atoms with Crippen LogP contribution in [0.5, 0.6) is 11.5 Å². The van der Waals surface area contributed by atoms with E-state index in [1.54, 1.807) is 19.2 Å². The molecule has 0 amide bonds. The van der Waals surface area contributed by atoms with Crippen LogP contribution in [0.1, 0.15) is 5.56 Å². The summed E-state index contributed by atoms with van der Waals surface area (Å²) in [7, 11) is 1.56. The molecule has 0 aliphatic heterocycles. The van der Waals surface area contributed by atoms with Crippen LogP contribution in [0.25, 0.3) is 10.9 Å². The first-order valence-corrected chi connectivity index (χ1v) is 4.83. The predicted molar refractivity (Wildman–Crippen MR) is 59.7 cm³/mol. The van der Waals surface area contributed by atoms with Gasteiger partial charge < -0.3 is 9.84 Å². The van der Waals surface area contributed by atoms with Gasteiger partial charge in [-0.3, -0.25) is 0 Å². The van der Waals surface area contributed by atoms with E-state index in [2.05, 4.69) is 4.98 Å². The van der Waals surface area contributed by atoms with E-state index in [1.165, 1.54) is 6.20 Å². The number of rotatable bonds is 1. The monoisotopic (exact) mass is 223 g/mol. The Kier molecular flexibility index (Phi) is 2.40. The second kappa shape index (κ2) is 3.59. The molecule has 0 saturated heterocycles. The molecule has 3 nitrogen and oxygen atoms in total. The van der Waals surface area contributed by atoms with Crippen molar-refractivity contribution in [1.82, 2.24) is 4.98 Å². The summed E-state index contributed by atoms with van der Waals surface area (Å²) in [6, 6.07) is 3.36. The van der Waals surface area contributed by atoms with E-state index in [-0.39, 0.29) is 5.75 Å². The van der Waals surface area contributed by atoms with Crippen LogP contribution in [0.3, 0.4) is 0 Å². The first kappa shape index (κ1) is 10.1. The molecule has 4 heteroatoms. The van der Waals surface area contributed by atoms with Crippen LogP contribution in [-0.4, -0.2) is 17.2 Å². The van der Waals surface area contributed by atoms with Gasteiger partial charge in [0.05, 0.1) is 13.3 Å². The zero-order valence-electron chi connectivity index (χ0n) is 8.41. The molecule has 0 spiro atoms. The second-order valence-electron chi connectivity index (χ2n) is 3.28. The van der Waals surface area contributed by atoms with E-state index in [1.807, 2.05) is 6.92 Å². The second-order valence-corrected chi connectivity index (χ2v) is 3.68. The van der Waals surface area contributed by atoms with E-state index < -0.39 is 0 Å².